The second-order valence-corrected chi connectivity index (χ2v) is 3.97. The molecule has 6 heteroatoms. The molecule has 0 saturated heterocycles. The number of aliphatic carboxylic acids is 1. The van der Waals surface area contributed by atoms with Crippen LogP contribution in [-0.2, 0) is 11.8 Å². The lowest BCUT2D eigenvalue weighted by Gasteiger charge is -2.03. The number of aryl methyl sites for hydroxylation is 1. The first kappa shape index (κ1) is 11.8. The van der Waals surface area contributed by atoms with Crippen molar-refractivity contribution in [1.82, 2.24) is 9.88 Å². The molecule has 0 aromatic carbocycles. The minimum absolute atomic E-state index is 0.0721. The van der Waals surface area contributed by atoms with Gasteiger partial charge in [0.2, 0.25) is 0 Å². The Labute approximate surface area is 95.2 Å². The van der Waals surface area contributed by atoms with Crippen molar-refractivity contribution in [1.29, 1.82) is 0 Å². The maximum absolute atomic E-state index is 11.5. The Morgan fingerprint density at radius 2 is 2.27 bits per heavy atom. The van der Waals surface area contributed by atoms with Crippen LogP contribution in [0, 0.1) is 0 Å². The van der Waals surface area contributed by atoms with E-state index in [1.54, 1.807) is 23.9 Å². The Bertz CT molecular complexity index is 387. The summed E-state index contributed by atoms with van der Waals surface area (Å²) >= 11 is 3.25. The molecule has 1 rings (SSSR count). The lowest BCUT2D eigenvalue weighted by Crippen LogP contribution is -2.27. The first-order valence-electron chi connectivity index (χ1n) is 4.32. The topological polar surface area (TPSA) is 71.3 Å². The maximum Gasteiger partial charge on any atom is 0.305 e. The molecule has 82 valence electrons. The van der Waals surface area contributed by atoms with Gasteiger partial charge in [0.25, 0.3) is 5.91 Å². The van der Waals surface area contributed by atoms with Crippen molar-refractivity contribution in [3.63, 3.8) is 0 Å². The highest BCUT2D eigenvalue weighted by Crippen LogP contribution is 2.13. The third-order valence-corrected chi connectivity index (χ3v) is 2.26. The lowest BCUT2D eigenvalue weighted by molar-refractivity contribution is -0.136. The van der Waals surface area contributed by atoms with Crippen LogP contribution in [0.15, 0.2) is 16.7 Å². The van der Waals surface area contributed by atoms with Gasteiger partial charge >= 0.3 is 5.97 Å². The van der Waals surface area contributed by atoms with E-state index in [2.05, 4.69) is 21.2 Å². The number of nitrogens with zero attached hydrogens (tertiary/aromatic N) is 1. The number of carboxylic acids is 1. The Balaban J connectivity index is 2.54. The highest BCUT2D eigenvalue weighted by molar-refractivity contribution is 9.10. The Kier molecular flexibility index (Phi) is 3.90. The highest BCUT2D eigenvalue weighted by atomic mass is 79.9. The molecule has 1 amide bonds. The van der Waals surface area contributed by atoms with Gasteiger partial charge in [-0.2, -0.15) is 0 Å². The lowest BCUT2D eigenvalue weighted by atomic mass is 10.3. The van der Waals surface area contributed by atoms with Crippen molar-refractivity contribution >= 4 is 27.8 Å². The average Bonchev–Trinajstić information content (AvgIpc) is 2.44. The van der Waals surface area contributed by atoms with Crippen molar-refractivity contribution in [3.8, 4) is 0 Å². The average molecular weight is 275 g/mol. The van der Waals surface area contributed by atoms with Crippen LogP contribution < -0.4 is 5.32 Å². The molecule has 0 aliphatic heterocycles. The molecule has 0 bridgehead atoms. The van der Waals surface area contributed by atoms with Gasteiger partial charge in [0.05, 0.1) is 6.42 Å². The zero-order chi connectivity index (χ0) is 11.4. The first-order valence-corrected chi connectivity index (χ1v) is 5.12. The number of carbonyl (C=O) groups is 2. The van der Waals surface area contributed by atoms with Crippen molar-refractivity contribution in [2.45, 2.75) is 6.42 Å². The van der Waals surface area contributed by atoms with E-state index in [0.29, 0.717) is 5.69 Å². The van der Waals surface area contributed by atoms with Crippen LogP contribution in [0.3, 0.4) is 0 Å². The van der Waals surface area contributed by atoms with Gasteiger partial charge in [0.1, 0.15) is 5.69 Å². The van der Waals surface area contributed by atoms with Crippen LogP contribution in [0.1, 0.15) is 16.9 Å². The fourth-order valence-electron chi connectivity index (χ4n) is 1.12. The minimum atomic E-state index is -0.927. The summed E-state index contributed by atoms with van der Waals surface area (Å²) < 4.78 is 2.48. The molecule has 15 heavy (non-hydrogen) atoms. The van der Waals surface area contributed by atoms with Gasteiger partial charge in [-0.1, -0.05) is 0 Å². The molecular weight excluding hydrogens is 264 g/mol. The molecule has 0 aliphatic rings. The van der Waals surface area contributed by atoms with E-state index < -0.39 is 5.97 Å². The molecule has 1 aromatic heterocycles. The Morgan fingerprint density at radius 1 is 1.60 bits per heavy atom. The van der Waals surface area contributed by atoms with Crippen molar-refractivity contribution in [3.05, 3.63) is 22.4 Å². The number of carboxylic acid groups (broad SMARTS) is 1. The molecule has 0 atom stereocenters. The Morgan fingerprint density at radius 3 is 2.73 bits per heavy atom. The molecule has 1 heterocycles. The molecule has 0 radical (unpaired) electrons. The molecule has 0 fully saturated rings. The van der Waals surface area contributed by atoms with Gasteiger partial charge < -0.3 is 15.0 Å². The molecular formula is C9H11BrN2O3. The number of amides is 1. The molecule has 1 aromatic rings. The summed E-state index contributed by atoms with van der Waals surface area (Å²) in [5.74, 6) is -1.20. The predicted octanol–water partition coefficient (Wildman–Crippen LogP) is 0.992. The second-order valence-electron chi connectivity index (χ2n) is 3.05. The van der Waals surface area contributed by atoms with Crippen molar-refractivity contribution in [2.75, 3.05) is 6.54 Å². The van der Waals surface area contributed by atoms with E-state index in [-0.39, 0.29) is 18.9 Å². The summed E-state index contributed by atoms with van der Waals surface area (Å²) in [7, 11) is 1.75. The van der Waals surface area contributed by atoms with E-state index in [1.807, 2.05) is 0 Å². The predicted molar refractivity (Wildman–Crippen MR) is 57.7 cm³/mol. The fourth-order valence-corrected chi connectivity index (χ4v) is 1.65. The van der Waals surface area contributed by atoms with E-state index in [0.717, 1.165) is 4.47 Å². The number of nitrogens with one attached hydrogen (secondary N) is 1. The molecule has 0 spiro atoms. The molecule has 0 saturated carbocycles. The number of carbonyl (C=O) groups excluding carboxylic acids is 1. The van der Waals surface area contributed by atoms with Crippen LogP contribution in [0.25, 0.3) is 0 Å². The standard InChI is InChI=1S/C9H11BrN2O3/c1-12-5-6(10)4-7(12)9(15)11-3-2-8(13)14/h4-5H,2-3H2,1H3,(H,11,15)(H,13,14). The largest absolute Gasteiger partial charge is 0.481 e. The molecule has 0 unspecified atom stereocenters. The third-order valence-electron chi connectivity index (χ3n) is 1.83. The van der Waals surface area contributed by atoms with E-state index >= 15 is 0 Å². The van der Waals surface area contributed by atoms with Crippen LogP contribution in [0.5, 0.6) is 0 Å². The first-order chi connectivity index (χ1) is 7.00. The fraction of sp³-hybridized carbons (Fsp3) is 0.333. The quantitative estimate of drug-likeness (QED) is 0.860. The number of halogens is 1. The zero-order valence-corrected chi connectivity index (χ0v) is 9.74. The normalized spacial score (nSPS) is 10.0. The zero-order valence-electron chi connectivity index (χ0n) is 8.16. The van der Waals surface area contributed by atoms with Crippen LogP contribution in [-0.4, -0.2) is 28.1 Å². The van der Waals surface area contributed by atoms with Crippen molar-refractivity contribution < 1.29 is 14.7 Å². The van der Waals surface area contributed by atoms with E-state index in [1.165, 1.54) is 0 Å². The molecule has 2 N–H and O–H groups in total. The van der Waals surface area contributed by atoms with Gasteiger partial charge in [-0.25, -0.2) is 0 Å². The van der Waals surface area contributed by atoms with E-state index in [9.17, 15) is 9.59 Å². The summed E-state index contributed by atoms with van der Waals surface area (Å²) in [6.45, 7) is 0.136. The van der Waals surface area contributed by atoms with Crippen LogP contribution >= 0.6 is 15.9 Å². The summed E-state index contributed by atoms with van der Waals surface area (Å²) in [5.41, 5.74) is 0.493. The van der Waals surface area contributed by atoms with Gasteiger partial charge in [0, 0.05) is 24.3 Å². The third kappa shape index (κ3) is 3.39. The Hall–Kier alpha value is -1.30. The molecule has 5 nitrogen and oxygen atoms in total. The van der Waals surface area contributed by atoms with Crippen LogP contribution in [0.2, 0.25) is 0 Å². The van der Waals surface area contributed by atoms with Gasteiger partial charge in [-0.3, -0.25) is 9.59 Å². The number of hydrogen-bond acceptors (Lipinski definition) is 2. The molecule has 0 aliphatic carbocycles. The van der Waals surface area contributed by atoms with Gasteiger partial charge in [0.15, 0.2) is 0 Å². The number of aromatic nitrogens is 1. The van der Waals surface area contributed by atoms with Crippen LogP contribution in [0.4, 0.5) is 0 Å². The maximum atomic E-state index is 11.5. The number of rotatable bonds is 4. The summed E-state index contributed by atoms with van der Waals surface area (Å²) in [6, 6.07) is 1.68. The minimum Gasteiger partial charge on any atom is -0.481 e. The summed E-state index contributed by atoms with van der Waals surface area (Å²) in [5, 5.41) is 10.9. The SMILES string of the molecule is Cn1cc(Br)cc1C(=O)NCCC(=O)O. The summed E-state index contributed by atoms with van der Waals surface area (Å²) in [4.78, 5) is 21.7. The van der Waals surface area contributed by atoms with Gasteiger partial charge in [-0.05, 0) is 22.0 Å². The smallest absolute Gasteiger partial charge is 0.305 e. The van der Waals surface area contributed by atoms with Crippen molar-refractivity contribution in [2.24, 2.45) is 7.05 Å². The summed E-state index contributed by atoms with van der Waals surface area (Å²) in [6.07, 6.45) is 1.68. The second kappa shape index (κ2) is 4.97. The van der Waals surface area contributed by atoms with E-state index in [4.69, 9.17) is 5.11 Å². The highest BCUT2D eigenvalue weighted by Gasteiger charge is 2.10. The monoisotopic (exact) mass is 274 g/mol. The van der Waals surface area contributed by atoms with Gasteiger partial charge in [-0.15, -0.1) is 0 Å². The number of hydrogen-bond donors (Lipinski definition) is 2.